The van der Waals surface area contributed by atoms with Crippen molar-refractivity contribution in [2.24, 2.45) is 5.41 Å². The molecule has 0 radical (unpaired) electrons. The lowest BCUT2D eigenvalue weighted by Gasteiger charge is -2.39. The van der Waals surface area contributed by atoms with E-state index in [2.05, 4.69) is 20.8 Å². The summed E-state index contributed by atoms with van der Waals surface area (Å²) >= 11 is 0. The number of hydrogen-bond donors (Lipinski definition) is 2. The highest BCUT2D eigenvalue weighted by Crippen LogP contribution is 2.45. The number of aliphatic hydroxyl groups excluding tert-OH is 1. The van der Waals surface area contributed by atoms with Crippen molar-refractivity contribution in [2.45, 2.75) is 58.9 Å². The molecule has 32 heavy (non-hydrogen) atoms. The SMILES string of the molecule is COc1cc2c(cc1OCCCCCCO)C[C@H](C(C)(C)C)n1cc(C(=O)O)c(=O)cc1-2. The van der Waals surface area contributed by atoms with E-state index in [9.17, 15) is 14.7 Å². The number of rotatable bonds is 9. The lowest BCUT2D eigenvalue weighted by atomic mass is 9.78. The van der Waals surface area contributed by atoms with Crippen LogP contribution in [0.1, 0.15) is 68.4 Å². The maximum atomic E-state index is 12.5. The van der Waals surface area contributed by atoms with Gasteiger partial charge < -0.3 is 24.3 Å². The molecular weight excluding hydrogens is 410 g/mol. The van der Waals surface area contributed by atoms with Crippen LogP contribution in [0.25, 0.3) is 11.3 Å². The number of benzene rings is 1. The van der Waals surface area contributed by atoms with Gasteiger partial charge in [0, 0.05) is 30.5 Å². The third kappa shape index (κ3) is 4.99. The van der Waals surface area contributed by atoms with Crippen LogP contribution in [0, 0.1) is 5.41 Å². The van der Waals surface area contributed by atoms with E-state index in [1.807, 2.05) is 16.7 Å². The smallest absolute Gasteiger partial charge is 0.341 e. The molecule has 2 N–H and O–H groups in total. The number of pyridine rings is 1. The first-order chi connectivity index (χ1) is 15.2. The number of hydrogen-bond acceptors (Lipinski definition) is 5. The minimum atomic E-state index is -1.22. The molecule has 1 aliphatic rings. The van der Waals surface area contributed by atoms with E-state index in [4.69, 9.17) is 14.6 Å². The minimum absolute atomic E-state index is 0.0246. The van der Waals surface area contributed by atoms with Crippen molar-refractivity contribution in [1.82, 2.24) is 4.57 Å². The fraction of sp³-hybridized carbons (Fsp3) is 0.520. The second-order valence-corrected chi connectivity index (χ2v) is 9.38. The fourth-order valence-electron chi connectivity index (χ4n) is 4.25. The van der Waals surface area contributed by atoms with Crippen molar-refractivity contribution >= 4 is 5.97 Å². The number of carboxylic acid groups (broad SMARTS) is 1. The summed E-state index contributed by atoms with van der Waals surface area (Å²) < 4.78 is 13.5. The van der Waals surface area contributed by atoms with Crippen LogP contribution in [0.4, 0.5) is 0 Å². The number of aromatic nitrogens is 1. The molecule has 0 amide bonds. The monoisotopic (exact) mass is 443 g/mol. The van der Waals surface area contributed by atoms with Crippen LogP contribution < -0.4 is 14.9 Å². The summed E-state index contributed by atoms with van der Waals surface area (Å²) in [5.74, 6) is 0.0257. The van der Waals surface area contributed by atoms with Gasteiger partial charge in [0.05, 0.1) is 19.4 Å². The molecule has 0 aliphatic carbocycles. The molecule has 2 heterocycles. The Hall–Kier alpha value is -2.80. The van der Waals surface area contributed by atoms with Crippen LogP contribution >= 0.6 is 0 Å². The third-order valence-corrected chi connectivity index (χ3v) is 6.03. The molecule has 7 heteroatoms. The summed E-state index contributed by atoms with van der Waals surface area (Å²) in [5.41, 5.74) is 1.70. The van der Waals surface area contributed by atoms with E-state index in [1.54, 1.807) is 7.11 Å². The molecule has 0 spiro atoms. The molecule has 1 aromatic carbocycles. The number of fused-ring (bicyclic) bond motifs is 3. The van der Waals surface area contributed by atoms with Crippen molar-refractivity contribution in [3.63, 3.8) is 0 Å². The molecule has 0 fully saturated rings. The molecular formula is C25H33NO6. The highest BCUT2D eigenvalue weighted by atomic mass is 16.5. The molecule has 0 saturated carbocycles. The predicted octanol–water partition coefficient (Wildman–Crippen LogP) is 4.30. The van der Waals surface area contributed by atoms with Gasteiger partial charge >= 0.3 is 5.97 Å². The van der Waals surface area contributed by atoms with Crippen LogP contribution in [0.5, 0.6) is 11.5 Å². The number of methoxy groups -OCH3 is 1. The van der Waals surface area contributed by atoms with Crippen molar-refractivity contribution in [2.75, 3.05) is 20.3 Å². The number of nitrogens with zero attached hydrogens (tertiary/aromatic N) is 1. The second kappa shape index (κ2) is 9.77. The molecule has 0 saturated heterocycles. The Labute approximate surface area is 188 Å². The summed E-state index contributed by atoms with van der Waals surface area (Å²) in [6, 6.07) is 5.26. The highest BCUT2D eigenvalue weighted by molar-refractivity contribution is 5.88. The topological polar surface area (TPSA) is 98.0 Å². The Balaban J connectivity index is 2.01. The number of carboxylic acids is 1. The van der Waals surface area contributed by atoms with E-state index in [0.717, 1.165) is 36.8 Å². The van der Waals surface area contributed by atoms with E-state index in [0.29, 0.717) is 30.2 Å². The number of aromatic carboxylic acids is 1. The van der Waals surface area contributed by atoms with Gasteiger partial charge in [-0.05, 0) is 48.8 Å². The van der Waals surface area contributed by atoms with Gasteiger partial charge in [0.2, 0.25) is 0 Å². The standard InChI is InChI=1S/C25H33NO6/c1-25(2,3)23-12-16-11-22(32-10-8-6-5-7-9-27)21(31-4)13-17(16)19-14-20(28)18(24(29)30)15-26(19)23/h11,13-15,23,27H,5-10,12H2,1-4H3,(H,29,30)/t23-/m1/s1. The van der Waals surface area contributed by atoms with Gasteiger partial charge in [0.1, 0.15) is 5.56 Å². The predicted molar refractivity (Wildman–Crippen MR) is 123 cm³/mol. The van der Waals surface area contributed by atoms with Crippen LogP contribution in [0.3, 0.4) is 0 Å². The average Bonchev–Trinajstić information content (AvgIpc) is 2.73. The second-order valence-electron chi connectivity index (χ2n) is 9.38. The van der Waals surface area contributed by atoms with Crippen molar-refractivity contribution in [3.8, 4) is 22.8 Å². The zero-order chi connectivity index (χ0) is 23.5. The molecule has 2 aromatic rings. The Morgan fingerprint density at radius 3 is 2.47 bits per heavy atom. The van der Waals surface area contributed by atoms with Gasteiger partial charge in [-0.25, -0.2) is 4.79 Å². The molecule has 3 rings (SSSR count). The minimum Gasteiger partial charge on any atom is -0.493 e. The Morgan fingerprint density at radius 2 is 1.84 bits per heavy atom. The Morgan fingerprint density at radius 1 is 1.12 bits per heavy atom. The van der Waals surface area contributed by atoms with Crippen molar-refractivity contribution < 1.29 is 24.5 Å². The molecule has 174 valence electrons. The molecule has 7 nitrogen and oxygen atoms in total. The van der Waals surface area contributed by atoms with Crippen LogP contribution in [0.2, 0.25) is 0 Å². The van der Waals surface area contributed by atoms with Gasteiger partial charge in [-0.3, -0.25) is 4.79 Å². The molecule has 1 aliphatic heterocycles. The molecule has 0 bridgehead atoms. The maximum Gasteiger partial charge on any atom is 0.341 e. The molecule has 1 aromatic heterocycles. The van der Waals surface area contributed by atoms with Crippen molar-refractivity contribution in [3.05, 3.63) is 45.7 Å². The van der Waals surface area contributed by atoms with Crippen LogP contribution in [-0.2, 0) is 6.42 Å². The summed E-state index contributed by atoms with van der Waals surface area (Å²) in [5, 5.41) is 18.3. The van der Waals surface area contributed by atoms with Gasteiger partial charge in [-0.2, -0.15) is 0 Å². The zero-order valence-electron chi connectivity index (χ0n) is 19.3. The van der Waals surface area contributed by atoms with Gasteiger partial charge in [-0.1, -0.05) is 27.2 Å². The summed E-state index contributed by atoms with van der Waals surface area (Å²) in [4.78, 5) is 24.1. The van der Waals surface area contributed by atoms with E-state index >= 15 is 0 Å². The van der Waals surface area contributed by atoms with Gasteiger partial charge in [-0.15, -0.1) is 0 Å². The molecule has 0 unspecified atom stereocenters. The van der Waals surface area contributed by atoms with Crippen molar-refractivity contribution in [1.29, 1.82) is 0 Å². The number of unbranched alkanes of at least 4 members (excludes halogenated alkanes) is 3. The average molecular weight is 444 g/mol. The fourth-order valence-corrected chi connectivity index (χ4v) is 4.25. The zero-order valence-corrected chi connectivity index (χ0v) is 19.3. The lowest BCUT2D eigenvalue weighted by molar-refractivity contribution is 0.0693. The first-order valence-corrected chi connectivity index (χ1v) is 11.1. The lowest BCUT2D eigenvalue weighted by Crippen LogP contribution is -2.32. The van der Waals surface area contributed by atoms with Crippen LogP contribution in [0.15, 0.2) is 29.2 Å². The molecule has 1 atom stereocenters. The quantitative estimate of drug-likeness (QED) is 0.561. The van der Waals surface area contributed by atoms with Gasteiger partial charge in [0.15, 0.2) is 16.9 Å². The van der Waals surface area contributed by atoms with E-state index in [-0.39, 0.29) is 23.6 Å². The Bertz CT molecular complexity index is 1030. The number of carbonyl (C=O) groups is 1. The first-order valence-electron chi connectivity index (χ1n) is 11.1. The van der Waals surface area contributed by atoms with Gasteiger partial charge in [0.25, 0.3) is 0 Å². The normalized spacial score (nSPS) is 15.1. The summed E-state index contributed by atoms with van der Waals surface area (Å²) in [7, 11) is 1.58. The number of ether oxygens (including phenoxy) is 2. The highest BCUT2D eigenvalue weighted by Gasteiger charge is 2.34. The Kier molecular flexibility index (Phi) is 7.29. The largest absolute Gasteiger partial charge is 0.493 e. The number of aliphatic hydroxyl groups is 1. The third-order valence-electron chi connectivity index (χ3n) is 6.03. The first kappa shape index (κ1) is 23.9. The van der Waals surface area contributed by atoms with Crippen LogP contribution in [-0.4, -0.2) is 41.1 Å². The maximum absolute atomic E-state index is 12.5. The van der Waals surface area contributed by atoms with E-state index in [1.165, 1.54) is 12.3 Å². The summed E-state index contributed by atoms with van der Waals surface area (Å²) in [6.45, 7) is 7.10. The van der Waals surface area contributed by atoms with E-state index < -0.39 is 11.4 Å². The summed E-state index contributed by atoms with van der Waals surface area (Å²) in [6.07, 6.45) is 5.81.